The summed E-state index contributed by atoms with van der Waals surface area (Å²) in [6, 6.07) is 2.03. The Balaban J connectivity index is 2.03. The van der Waals surface area contributed by atoms with E-state index in [1.165, 1.54) is 6.42 Å². The summed E-state index contributed by atoms with van der Waals surface area (Å²) in [7, 11) is 0. The molecule has 0 spiro atoms. The van der Waals surface area contributed by atoms with E-state index < -0.39 is 0 Å². The number of furan rings is 1. The van der Waals surface area contributed by atoms with Crippen LogP contribution in [0.5, 0.6) is 0 Å². The van der Waals surface area contributed by atoms with Crippen LogP contribution in [0.3, 0.4) is 0 Å². The zero-order chi connectivity index (χ0) is 13.1. The molecule has 0 amide bonds. The van der Waals surface area contributed by atoms with Crippen LogP contribution in [-0.2, 0) is 22.6 Å². The van der Waals surface area contributed by atoms with Gasteiger partial charge in [-0.15, -0.1) is 0 Å². The third-order valence-corrected chi connectivity index (χ3v) is 2.55. The molecule has 4 heteroatoms. The van der Waals surface area contributed by atoms with Gasteiger partial charge in [-0.2, -0.15) is 0 Å². The monoisotopic (exact) mass is 255 g/mol. The largest absolute Gasteiger partial charge is 0.467 e. The Morgan fingerprint density at radius 2 is 2.00 bits per heavy atom. The lowest BCUT2D eigenvalue weighted by Crippen LogP contribution is -2.10. The van der Waals surface area contributed by atoms with Gasteiger partial charge in [0, 0.05) is 18.7 Å². The summed E-state index contributed by atoms with van der Waals surface area (Å²) in [5.41, 5.74) is 1.16. The highest BCUT2D eigenvalue weighted by Crippen LogP contribution is 2.08. The molecule has 104 valence electrons. The number of hydrogen-bond acceptors (Lipinski definition) is 4. The van der Waals surface area contributed by atoms with E-state index in [-0.39, 0.29) is 0 Å². The van der Waals surface area contributed by atoms with Gasteiger partial charge < -0.3 is 19.2 Å². The van der Waals surface area contributed by atoms with E-state index >= 15 is 0 Å². The van der Waals surface area contributed by atoms with Crippen LogP contribution in [0.2, 0.25) is 0 Å². The van der Waals surface area contributed by atoms with Crippen LogP contribution in [0.1, 0.15) is 38.0 Å². The fourth-order valence-electron chi connectivity index (χ4n) is 1.50. The molecule has 0 saturated heterocycles. The van der Waals surface area contributed by atoms with Gasteiger partial charge >= 0.3 is 0 Å². The molecule has 0 fully saturated rings. The van der Waals surface area contributed by atoms with E-state index in [2.05, 4.69) is 19.2 Å². The van der Waals surface area contributed by atoms with Crippen molar-refractivity contribution in [3.8, 4) is 0 Å². The van der Waals surface area contributed by atoms with Crippen LogP contribution in [0, 0.1) is 0 Å². The highest BCUT2D eigenvalue weighted by Gasteiger charge is 2.01. The second-order valence-corrected chi connectivity index (χ2v) is 4.22. The van der Waals surface area contributed by atoms with Crippen LogP contribution >= 0.6 is 0 Å². The van der Waals surface area contributed by atoms with Gasteiger partial charge in [-0.1, -0.05) is 20.3 Å². The molecule has 1 aromatic heterocycles. The van der Waals surface area contributed by atoms with Crippen molar-refractivity contribution in [2.45, 2.75) is 39.8 Å². The van der Waals surface area contributed by atoms with E-state index in [0.717, 1.165) is 37.4 Å². The van der Waals surface area contributed by atoms with E-state index in [0.29, 0.717) is 19.8 Å². The minimum absolute atomic E-state index is 0.517. The third-order valence-electron chi connectivity index (χ3n) is 2.55. The molecule has 0 aliphatic heterocycles. The average Bonchev–Trinajstić information content (AvgIpc) is 2.83. The van der Waals surface area contributed by atoms with Gasteiger partial charge in [0.1, 0.15) is 12.4 Å². The van der Waals surface area contributed by atoms with Gasteiger partial charge in [0.05, 0.1) is 19.5 Å². The molecule has 0 saturated carbocycles. The van der Waals surface area contributed by atoms with Crippen molar-refractivity contribution >= 4 is 0 Å². The van der Waals surface area contributed by atoms with Gasteiger partial charge in [-0.05, 0) is 19.0 Å². The van der Waals surface area contributed by atoms with Gasteiger partial charge in [0.25, 0.3) is 0 Å². The standard InChI is InChI=1S/C14H25NO3/c1-3-5-6-16-7-8-17-12-14-9-13(11-18-14)10-15-4-2/h9,11,15H,3-8,10,12H2,1-2H3. The maximum absolute atomic E-state index is 5.48. The first kappa shape index (κ1) is 15.2. The molecule has 4 nitrogen and oxygen atoms in total. The smallest absolute Gasteiger partial charge is 0.129 e. The first-order valence-electron chi connectivity index (χ1n) is 6.79. The molecule has 0 radical (unpaired) electrons. The van der Waals surface area contributed by atoms with E-state index in [9.17, 15) is 0 Å². The van der Waals surface area contributed by atoms with Crippen molar-refractivity contribution in [2.75, 3.05) is 26.4 Å². The molecular weight excluding hydrogens is 230 g/mol. The maximum Gasteiger partial charge on any atom is 0.129 e. The van der Waals surface area contributed by atoms with Crippen LogP contribution in [-0.4, -0.2) is 26.4 Å². The highest BCUT2D eigenvalue weighted by atomic mass is 16.5. The Kier molecular flexibility index (Phi) is 8.55. The maximum atomic E-state index is 5.48. The fourth-order valence-corrected chi connectivity index (χ4v) is 1.50. The Morgan fingerprint density at radius 3 is 2.78 bits per heavy atom. The normalized spacial score (nSPS) is 11.0. The molecule has 0 aromatic carbocycles. The molecule has 18 heavy (non-hydrogen) atoms. The number of nitrogens with one attached hydrogen (secondary N) is 1. The van der Waals surface area contributed by atoms with Crippen LogP contribution in [0.4, 0.5) is 0 Å². The molecule has 1 aromatic rings. The summed E-state index contributed by atoms with van der Waals surface area (Å²) in [5, 5.41) is 3.25. The minimum atomic E-state index is 0.517. The zero-order valence-corrected chi connectivity index (χ0v) is 11.5. The van der Waals surface area contributed by atoms with E-state index in [4.69, 9.17) is 13.9 Å². The zero-order valence-electron chi connectivity index (χ0n) is 11.5. The minimum Gasteiger partial charge on any atom is -0.467 e. The number of ether oxygens (including phenoxy) is 2. The number of hydrogen-bond donors (Lipinski definition) is 1. The van der Waals surface area contributed by atoms with Gasteiger partial charge in [-0.3, -0.25) is 0 Å². The fraction of sp³-hybridized carbons (Fsp3) is 0.714. The second kappa shape index (κ2) is 10.1. The molecule has 1 heterocycles. The molecule has 0 bridgehead atoms. The van der Waals surface area contributed by atoms with Crippen LogP contribution < -0.4 is 5.32 Å². The second-order valence-electron chi connectivity index (χ2n) is 4.22. The van der Waals surface area contributed by atoms with E-state index in [1.807, 2.05) is 6.07 Å². The van der Waals surface area contributed by atoms with Gasteiger partial charge in [-0.25, -0.2) is 0 Å². The van der Waals surface area contributed by atoms with Crippen LogP contribution in [0.25, 0.3) is 0 Å². The Morgan fingerprint density at radius 1 is 1.17 bits per heavy atom. The van der Waals surface area contributed by atoms with Crippen molar-refractivity contribution < 1.29 is 13.9 Å². The predicted molar refractivity (Wildman–Crippen MR) is 71.5 cm³/mol. The third kappa shape index (κ3) is 6.79. The molecule has 1 N–H and O–H groups in total. The molecule has 0 aliphatic rings. The summed E-state index contributed by atoms with van der Waals surface area (Å²) in [6.07, 6.45) is 4.06. The Bertz CT molecular complexity index is 299. The average molecular weight is 255 g/mol. The molecule has 0 aliphatic carbocycles. The number of unbranched alkanes of at least 4 members (excludes halogenated alkanes) is 1. The molecule has 0 unspecified atom stereocenters. The summed E-state index contributed by atoms with van der Waals surface area (Å²) >= 11 is 0. The molecule has 1 rings (SSSR count). The summed E-state index contributed by atoms with van der Waals surface area (Å²) in [5.74, 6) is 0.872. The Hall–Kier alpha value is -0.840. The summed E-state index contributed by atoms with van der Waals surface area (Å²) in [6.45, 7) is 8.67. The topological polar surface area (TPSA) is 43.6 Å². The van der Waals surface area contributed by atoms with Crippen molar-refractivity contribution in [2.24, 2.45) is 0 Å². The number of rotatable bonds is 11. The molecule has 0 atom stereocenters. The molecular formula is C14H25NO3. The van der Waals surface area contributed by atoms with Crippen molar-refractivity contribution in [1.29, 1.82) is 0 Å². The van der Waals surface area contributed by atoms with Crippen molar-refractivity contribution in [3.05, 3.63) is 23.7 Å². The lowest BCUT2D eigenvalue weighted by atomic mass is 10.3. The highest BCUT2D eigenvalue weighted by molar-refractivity contribution is 5.11. The lowest BCUT2D eigenvalue weighted by Gasteiger charge is -2.03. The quantitative estimate of drug-likeness (QED) is 0.617. The van der Waals surface area contributed by atoms with E-state index in [1.54, 1.807) is 6.26 Å². The van der Waals surface area contributed by atoms with Gasteiger partial charge in [0.15, 0.2) is 0 Å². The van der Waals surface area contributed by atoms with Gasteiger partial charge in [0.2, 0.25) is 0 Å². The van der Waals surface area contributed by atoms with Crippen molar-refractivity contribution in [3.63, 3.8) is 0 Å². The summed E-state index contributed by atoms with van der Waals surface area (Å²) < 4.78 is 16.3. The first-order valence-corrected chi connectivity index (χ1v) is 6.79. The first-order chi connectivity index (χ1) is 8.86. The predicted octanol–water partition coefficient (Wildman–Crippen LogP) is 2.72. The Labute approximate surface area is 110 Å². The summed E-state index contributed by atoms with van der Waals surface area (Å²) in [4.78, 5) is 0. The van der Waals surface area contributed by atoms with Crippen LogP contribution in [0.15, 0.2) is 16.7 Å². The SMILES string of the molecule is CCCCOCCOCc1cc(CNCC)co1. The lowest BCUT2D eigenvalue weighted by molar-refractivity contribution is 0.0339. The van der Waals surface area contributed by atoms with Crippen molar-refractivity contribution in [1.82, 2.24) is 5.32 Å².